The van der Waals surface area contributed by atoms with Crippen molar-refractivity contribution in [2.45, 2.75) is 84.9 Å². The Labute approximate surface area is 228 Å². The van der Waals surface area contributed by atoms with E-state index in [4.69, 9.17) is 14.2 Å². The molecule has 1 aromatic carbocycles. The molecule has 0 saturated heterocycles. The fourth-order valence-corrected chi connectivity index (χ4v) is 4.86. The third-order valence-corrected chi connectivity index (χ3v) is 7.02. The Hall–Kier alpha value is -3.69. The maximum Gasteiger partial charge on any atom is 0.407 e. The first-order valence-corrected chi connectivity index (χ1v) is 13.8. The Morgan fingerprint density at radius 2 is 1.95 bits per heavy atom. The van der Waals surface area contributed by atoms with Gasteiger partial charge in [-0.15, -0.1) is 0 Å². The van der Waals surface area contributed by atoms with Gasteiger partial charge in [-0.1, -0.05) is 48.8 Å². The number of hydrogen-bond acceptors (Lipinski definition) is 7. The number of aromatic nitrogens is 3. The standard InChI is InChI=1S/C29H39N5O5/c1-6-22(33(26(35)21-14-10-15-21)17-11-16-30-28(37)38-29(3,4)5)24-31-25-23(19(2)32-39-25)27(36)34(24)18-20-12-8-7-9-13-20/h7-9,12-13,21-22H,6,10-11,14-18H2,1-5H3,(H,30,37). The van der Waals surface area contributed by atoms with Gasteiger partial charge >= 0.3 is 6.09 Å². The first-order chi connectivity index (χ1) is 18.6. The highest BCUT2D eigenvalue weighted by molar-refractivity contribution is 5.80. The number of hydrogen-bond donors (Lipinski definition) is 1. The number of ether oxygens (including phenoxy) is 1. The van der Waals surface area contributed by atoms with Gasteiger partial charge in [-0.2, -0.15) is 4.98 Å². The van der Waals surface area contributed by atoms with E-state index in [0.717, 1.165) is 24.8 Å². The van der Waals surface area contributed by atoms with Gasteiger partial charge in [0.1, 0.15) is 16.8 Å². The van der Waals surface area contributed by atoms with Gasteiger partial charge < -0.3 is 19.5 Å². The molecule has 1 unspecified atom stereocenters. The summed E-state index contributed by atoms with van der Waals surface area (Å²) in [6, 6.07) is 9.25. The largest absolute Gasteiger partial charge is 0.444 e. The number of carbonyl (C=O) groups is 2. The predicted octanol–water partition coefficient (Wildman–Crippen LogP) is 4.74. The Bertz CT molecular complexity index is 1350. The molecular formula is C29H39N5O5. The molecule has 1 N–H and O–H groups in total. The van der Waals surface area contributed by atoms with Gasteiger partial charge in [0.25, 0.3) is 11.3 Å². The van der Waals surface area contributed by atoms with Crippen LogP contribution in [0, 0.1) is 12.8 Å². The summed E-state index contributed by atoms with van der Waals surface area (Å²) in [5.74, 6) is 0.492. The lowest BCUT2D eigenvalue weighted by Gasteiger charge is -2.37. The molecule has 3 aromatic rings. The van der Waals surface area contributed by atoms with Crippen LogP contribution in [0.2, 0.25) is 0 Å². The SMILES string of the molecule is CCC(c1nc2onc(C)c2c(=O)n1Cc1ccccc1)N(CCCNC(=O)OC(C)(C)C)C(=O)C1CCC1. The Morgan fingerprint density at radius 3 is 2.56 bits per heavy atom. The van der Waals surface area contributed by atoms with Gasteiger partial charge in [-0.3, -0.25) is 14.2 Å². The Morgan fingerprint density at radius 1 is 1.23 bits per heavy atom. The quantitative estimate of drug-likeness (QED) is 0.371. The molecule has 0 spiro atoms. The first-order valence-electron chi connectivity index (χ1n) is 13.8. The molecule has 1 atom stereocenters. The van der Waals surface area contributed by atoms with Crippen LogP contribution in [0.4, 0.5) is 4.79 Å². The van der Waals surface area contributed by atoms with E-state index in [2.05, 4.69) is 10.5 Å². The first kappa shape index (κ1) is 28.3. The van der Waals surface area contributed by atoms with Crippen LogP contribution in [0.3, 0.4) is 0 Å². The van der Waals surface area contributed by atoms with Crippen molar-refractivity contribution in [2.75, 3.05) is 13.1 Å². The van der Waals surface area contributed by atoms with Crippen molar-refractivity contribution < 1.29 is 18.8 Å². The number of nitrogens with one attached hydrogen (secondary N) is 1. The number of alkyl carbamates (subject to hydrolysis) is 1. The molecule has 39 heavy (non-hydrogen) atoms. The Balaban J connectivity index is 1.66. The fraction of sp³-hybridized carbons (Fsp3) is 0.552. The molecule has 4 rings (SSSR count). The maximum absolute atomic E-state index is 13.8. The van der Waals surface area contributed by atoms with Crippen LogP contribution in [-0.4, -0.2) is 50.3 Å². The summed E-state index contributed by atoms with van der Waals surface area (Å²) in [7, 11) is 0. The number of carbonyl (C=O) groups excluding carboxylic acids is 2. The van der Waals surface area contributed by atoms with E-state index >= 15 is 0 Å². The van der Waals surface area contributed by atoms with Crippen molar-refractivity contribution in [3.8, 4) is 0 Å². The third kappa shape index (κ3) is 6.66. The zero-order chi connectivity index (χ0) is 28.2. The van der Waals surface area contributed by atoms with Crippen LogP contribution in [0.25, 0.3) is 11.1 Å². The molecule has 0 aliphatic heterocycles. The lowest BCUT2D eigenvalue weighted by molar-refractivity contribution is -0.141. The zero-order valence-electron chi connectivity index (χ0n) is 23.5. The summed E-state index contributed by atoms with van der Waals surface area (Å²) in [5, 5.41) is 7.10. The molecule has 1 fully saturated rings. The summed E-state index contributed by atoms with van der Waals surface area (Å²) in [4.78, 5) is 46.2. The van der Waals surface area contributed by atoms with Crippen LogP contribution in [-0.2, 0) is 16.1 Å². The van der Waals surface area contributed by atoms with Crippen molar-refractivity contribution in [1.29, 1.82) is 0 Å². The normalized spacial score (nSPS) is 14.6. The third-order valence-electron chi connectivity index (χ3n) is 7.02. The molecule has 0 radical (unpaired) electrons. The summed E-state index contributed by atoms with van der Waals surface area (Å²) in [6.45, 7) is 10.2. The van der Waals surface area contributed by atoms with E-state index < -0.39 is 17.7 Å². The van der Waals surface area contributed by atoms with Gasteiger partial charge in [0.15, 0.2) is 0 Å². The molecule has 1 saturated carbocycles. The van der Waals surface area contributed by atoms with Crippen LogP contribution in [0.5, 0.6) is 0 Å². The molecule has 1 aliphatic rings. The zero-order valence-corrected chi connectivity index (χ0v) is 23.5. The van der Waals surface area contributed by atoms with E-state index in [1.165, 1.54) is 0 Å². The van der Waals surface area contributed by atoms with Crippen LogP contribution in [0.15, 0.2) is 39.6 Å². The van der Waals surface area contributed by atoms with Gasteiger partial charge in [0, 0.05) is 19.0 Å². The molecular weight excluding hydrogens is 498 g/mol. The number of benzene rings is 1. The second-order valence-electron chi connectivity index (χ2n) is 11.2. The van der Waals surface area contributed by atoms with Crippen LogP contribution < -0.4 is 10.9 Å². The second kappa shape index (κ2) is 12.0. The second-order valence-corrected chi connectivity index (χ2v) is 11.2. The maximum atomic E-state index is 13.8. The number of rotatable bonds is 10. The molecule has 0 bridgehead atoms. The molecule has 2 aromatic heterocycles. The minimum absolute atomic E-state index is 0.0385. The summed E-state index contributed by atoms with van der Waals surface area (Å²) < 4.78 is 12.4. The summed E-state index contributed by atoms with van der Waals surface area (Å²) in [6.07, 6.45) is 3.33. The van der Waals surface area contributed by atoms with Crippen molar-refractivity contribution in [3.63, 3.8) is 0 Å². The highest BCUT2D eigenvalue weighted by atomic mass is 16.6. The van der Waals surface area contributed by atoms with Crippen molar-refractivity contribution in [1.82, 2.24) is 24.9 Å². The summed E-state index contributed by atoms with van der Waals surface area (Å²) in [5.41, 5.74) is 0.788. The molecule has 2 amide bonds. The van der Waals surface area contributed by atoms with E-state index in [0.29, 0.717) is 49.4 Å². The van der Waals surface area contributed by atoms with Gasteiger partial charge in [0.2, 0.25) is 5.91 Å². The average Bonchev–Trinajstić information content (AvgIpc) is 3.22. The van der Waals surface area contributed by atoms with E-state index in [9.17, 15) is 14.4 Å². The highest BCUT2D eigenvalue weighted by Crippen LogP contribution is 2.33. The van der Waals surface area contributed by atoms with Crippen LogP contribution in [0.1, 0.15) is 82.9 Å². The van der Waals surface area contributed by atoms with E-state index in [1.54, 1.807) is 11.5 Å². The lowest BCUT2D eigenvalue weighted by Crippen LogP contribution is -2.44. The number of fused-ring (bicyclic) bond motifs is 1. The molecule has 2 heterocycles. The topological polar surface area (TPSA) is 120 Å². The molecule has 10 nitrogen and oxygen atoms in total. The average molecular weight is 538 g/mol. The van der Waals surface area contributed by atoms with Crippen molar-refractivity contribution >= 4 is 23.1 Å². The molecule has 210 valence electrons. The minimum atomic E-state index is -0.588. The minimum Gasteiger partial charge on any atom is -0.444 e. The van der Waals surface area contributed by atoms with Gasteiger partial charge in [-0.25, -0.2) is 4.79 Å². The van der Waals surface area contributed by atoms with Crippen LogP contribution >= 0.6 is 0 Å². The van der Waals surface area contributed by atoms with Crippen molar-refractivity contribution in [3.05, 3.63) is 57.8 Å². The van der Waals surface area contributed by atoms with E-state index in [-0.39, 0.29) is 23.1 Å². The Kier molecular flexibility index (Phi) is 8.72. The fourth-order valence-electron chi connectivity index (χ4n) is 4.86. The highest BCUT2D eigenvalue weighted by Gasteiger charge is 2.35. The summed E-state index contributed by atoms with van der Waals surface area (Å²) >= 11 is 0. The predicted molar refractivity (Wildman–Crippen MR) is 147 cm³/mol. The van der Waals surface area contributed by atoms with Gasteiger partial charge in [0.05, 0.1) is 18.3 Å². The number of amides is 2. The molecule has 10 heteroatoms. The smallest absolute Gasteiger partial charge is 0.407 e. The number of aryl methyl sites for hydroxylation is 1. The van der Waals surface area contributed by atoms with E-state index in [1.807, 2.05) is 62.9 Å². The number of nitrogens with zero attached hydrogens (tertiary/aromatic N) is 4. The monoisotopic (exact) mass is 537 g/mol. The lowest BCUT2D eigenvalue weighted by atomic mass is 9.84. The van der Waals surface area contributed by atoms with Crippen molar-refractivity contribution in [2.24, 2.45) is 5.92 Å². The molecule has 1 aliphatic carbocycles. The van der Waals surface area contributed by atoms with Gasteiger partial charge in [-0.05, 0) is 58.9 Å².